The van der Waals surface area contributed by atoms with E-state index in [1.807, 2.05) is 18.2 Å². The number of rotatable bonds is 5. The Morgan fingerprint density at radius 1 is 1.23 bits per heavy atom. The summed E-state index contributed by atoms with van der Waals surface area (Å²) in [6.07, 6.45) is 3.73. The molecule has 4 rings (SSSR count). The van der Waals surface area contributed by atoms with E-state index in [0.29, 0.717) is 6.04 Å². The van der Waals surface area contributed by atoms with Gasteiger partial charge < -0.3 is 9.84 Å². The second kappa shape index (κ2) is 6.82. The number of ether oxygens (including phenoxy) is 1. The van der Waals surface area contributed by atoms with Crippen molar-refractivity contribution in [1.82, 2.24) is 9.80 Å². The summed E-state index contributed by atoms with van der Waals surface area (Å²) in [4.78, 5) is 4.92. The summed E-state index contributed by atoms with van der Waals surface area (Å²) < 4.78 is 5.22. The number of benzene rings is 1. The van der Waals surface area contributed by atoms with Crippen LogP contribution in [0, 0.1) is 0 Å². The minimum atomic E-state index is -0.224. The average molecular weight is 302 g/mol. The summed E-state index contributed by atoms with van der Waals surface area (Å²) in [5.74, 6) is 0.887. The van der Waals surface area contributed by atoms with E-state index in [1.165, 1.54) is 5.56 Å². The number of aliphatic hydroxyl groups is 1. The van der Waals surface area contributed by atoms with Crippen LogP contribution >= 0.6 is 0 Å². The molecule has 0 spiro atoms. The van der Waals surface area contributed by atoms with E-state index in [9.17, 15) is 5.11 Å². The highest BCUT2D eigenvalue weighted by atomic mass is 16.5. The number of piperazine rings is 1. The van der Waals surface area contributed by atoms with E-state index in [0.717, 1.165) is 44.8 Å². The zero-order chi connectivity index (χ0) is 15.5. The summed E-state index contributed by atoms with van der Waals surface area (Å²) in [5.41, 5.74) is 1.27. The summed E-state index contributed by atoms with van der Waals surface area (Å²) in [6.45, 7) is 7.64. The average Bonchev–Trinajstić information content (AvgIpc) is 2.78. The standard InChI is InChI=1S/C18H26N2O2/c1-3-10-19-13-17-18(21)9-6-15(19)12-20(17)11-14-4-7-16(22-2)8-5-14/h3-5,7-8,15,17-18,21H,1,6,9-13H2,2H3/t15?,17?,18-/m0/s1. The lowest BCUT2D eigenvalue weighted by Crippen LogP contribution is -2.58. The predicted octanol–water partition coefficient (Wildman–Crippen LogP) is 1.89. The smallest absolute Gasteiger partial charge is 0.118 e. The maximum absolute atomic E-state index is 10.5. The van der Waals surface area contributed by atoms with Crippen molar-refractivity contribution in [2.24, 2.45) is 0 Å². The molecular formula is C18H26N2O2. The van der Waals surface area contributed by atoms with Crippen LogP contribution in [-0.4, -0.2) is 59.8 Å². The van der Waals surface area contributed by atoms with Crippen molar-refractivity contribution in [1.29, 1.82) is 0 Å². The van der Waals surface area contributed by atoms with Gasteiger partial charge in [0.15, 0.2) is 0 Å². The lowest BCUT2D eigenvalue weighted by Gasteiger charge is -2.44. The van der Waals surface area contributed by atoms with Crippen LogP contribution in [0.4, 0.5) is 0 Å². The van der Waals surface area contributed by atoms with Crippen molar-refractivity contribution < 1.29 is 9.84 Å². The highest BCUT2D eigenvalue weighted by molar-refractivity contribution is 5.27. The second-order valence-corrected chi connectivity index (χ2v) is 6.39. The molecule has 1 aromatic rings. The van der Waals surface area contributed by atoms with Crippen LogP contribution in [0.2, 0.25) is 0 Å². The van der Waals surface area contributed by atoms with E-state index in [1.54, 1.807) is 7.11 Å². The Labute approximate surface area is 133 Å². The lowest BCUT2D eigenvalue weighted by molar-refractivity contribution is -0.00422. The molecule has 1 aromatic carbocycles. The molecule has 0 amide bonds. The molecule has 120 valence electrons. The number of hydrogen-bond acceptors (Lipinski definition) is 4. The molecule has 0 saturated carbocycles. The molecule has 1 N–H and O–H groups in total. The van der Waals surface area contributed by atoms with E-state index in [-0.39, 0.29) is 12.1 Å². The van der Waals surface area contributed by atoms with Gasteiger partial charge in [-0.1, -0.05) is 18.2 Å². The second-order valence-electron chi connectivity index (χ2n) is 6.39. The predicted molar refractivity (Wildman–Crippen MR) is 88.0 cm³/mol. The Morgan fingerprint density at radius 2 is 2.00 bits per heavy atom. The van der Waals surface area contributed by atoms with E-state index in [2.05, 4.69) is 28.5 Å². The molecule has 2 unspecified atom stereocenters. The van der Waals surface area contributed by atoms with Gasteiger partial charge in [-0.05, 0) is 30.5 Å². The summed E-state index contributed by atoms with van der Waals surface area (Å²) in [5, 5.41) is 10.5. The third kappa shape index (κ3) is 3.19. The third-order valence-electron chi connectivity index (χ3n) is 5.00. The first-order valence-electron chi connectivity index (χ1n) is 8.11. The Morgan fingerprint density at radius 3 is 2.68 bits per heavy atom. The van der Waals surface area contributed by atoms with Gasteiger partial charge in [0.1, 0.15) is 5.75 Å². The molecule has 2 bridgehead atoms. The first kappa shape index (κ1) is 15.5. The van der Waals surface area contributed by atoms with Crippen molar-refractivity contribution >= 4 is 0 Å². The van der Waals surface area contributed by atoms with Crippen LogP contribution in [0.1, 0.15) is 18.4 Å². The van der Waals surface area contributed by atoms with Gasteiger partial charge in [-0.25, -0.2) is 0 Å². The van der Waals surface area contributed by atoms with Gasteiger partial charge in [-0.3, -0.25) is 9.80 Å². The molecule has 3 aliphatic heterocycles. The van der Waals surface area contributed by atoms with Crippen LogP contribution in [0.25, 0.3) is 0 Å². The van der Waals surface area contributed by atoms with Crippen molar-refractivity contribution in [3.63, 3.8) is 0 Å². The topological polar surface area (TPSA) is 35.9 Å². The van der Waals surface area contributed by atoms with E-state index >= 15 is 0 Å². The van der Waals surface area contributed by atoms with Gasteiger partial charge in [-0.15, -0.1) is 6.58 Å². The number of fused-ring (bicyclic) bond motifs is 4. The molecule has 3 heterocycles. The van der Waals surface area contributed by atoms with E-state index in [4.69, 9.17) is 4.74 Å². The molecule has 0 aliphatic carbocycles. The lowest BCUT2D eigenvalue weighted by atomic mass is 10.1. The zero-order valence-electron chi connectivity index (χ0n) is 13.3. The summed E-state index contributed by atoms with van der Waals surface area (Å²) in [6, 6.07) is 9.00. The fourth-order valence-electron chi connectivity index (χ4n) is 3.76. The molecule has 3 saturated heterocycles. The highest BCUT2D eigenvalue weighted by Crippen LogP contribution is 2.29. The van der Waals surface area contributed by atoms with Crippen molar-refractivity contribution in [2.45, 2.75) is 37.6 Å². The van der Waals surface area contributed by atoms with Gasteiger partial charge in [0.25, 0.3) is 0 Å². The molecule has 0 aromatic heterocycles. The van der Waals surface area contributed by atoms with Crippen LogP contribution in [0.15, 0.2) is 36.9 Å². The molecule has 3 atom stereocenters. The minimum absolute atomic E-state index is 0.223. The van der Waals surface area contributed by atoms with Crippen LogP contribution in [0.5, 0.6) is 5.75 Å². The molecule has 22 heavy (non-hydrogen) atoms. The molecule has 3 aliphatic rings. The van der Waals surface area contributed by atoms with Gasteiger partial charge in [-0.2, -0.15) is 0 Å². The normalized spacial score (nSPS) is 29.3. The molecule has 3 fully saturated rings. The fraction of sp³-hybridized carbons (Fsp3) is 0.556. The molecular weight excluding hydrogens is 276 g/mol. The van der Waals surface area contributed by atoms with E-state index < -0.39 is 0 Å². The first-order valence-corrected chi connectivity index (χ1v) is 8.11. The Kier molecular flexibility index (Phi) is 4.81. The van der Waals surface area contributed by atoms with Gasteiger partial charge in [0.05, 0.1) is 13.2 Å². The highest BCUT2D eigenvalue weighted by Gasteiger charge is 2.40. The molecule has 0 radical (unpaired) electrons. The summed E-state index contributed by atoms with van der Waals surface area (Å²) >= 11 is 0. The SMILES string of the molecule is C=CCN1CC2[C@@H](O)CCC1CN2Cc1ccc(OC)cc1. The largest absolute Gasteiger partial charge is 0.497 e. The Balaban J connectivity index is 1.72. The monoisotopic (exact) mass is 302 g/mol. The maximum atomic E-state index is 10.5. The number of hydrogen-bond donors (Lipinski definition) is 1. The number of nitrogens with zero attached hydrogens (tertiary/aromatic N) is 2. The number of aliphatic hydroxyl groups excluding tert-OH is 1. The van der Waals surface area contributed by atoms with Gasteiger partial charge >= 0.3 is 0 Å². The quantitative estimate of drug-likeness (QED) is 0.843. The minimum Gasteiger partial charge on any atom is -0.497 e. The van der Waals surface area contributed by atoms with Crippen LogP contribution < -0.4 is 4.74 Å². The Bertz CT molecular complexity index is 502. The van der Waals surface area contributed by atoms with Gasteiger partial charge in [0.2, 0.25) is 0 Å². The van der Waals surface area contributed by atoms with Crippen molar-refractivity contribution in [3.8, 4) is 5.75 Å². The summed E-state index contributed by atoms with van der Waals surface area (Å²) in [7, 11) is 1.69. The van der Waals surface area contributed by atoms with Crippen molar-refractivity contribution in [2.75, 3.05) is 26.7 Å². The zero-order valence-corrected chi connectivity index (χ0v) is 13.3. The fourth-order valence-corrected chi connectivity index (χ4v) is 3.76. The van der Waals surface area contributed by atoms with Crippen LogP contribution in [-0.2, 0) is 6.54 Å². The number of methoxy groups -OCH3 is 1. The molecule has 4 heteroatoms. The van der Waals surface area contributed by atoms with Crippen molar-refractivity contribution in [3.05, 3.63) is 42.5 Å². The first-order chi connectivity index (χ1) is 10.7. The Hall–Kier alpha value is -1.36. The molecule has 4 nitrogen and oxygen atoms in total. The van der Waals surface area contributed by atoms with Crippen LogP contribution in [0.3, 0.4) is 0 Å². The van der Waals surface area contributed by atoms with Gasteiger partial charge in [0, 0.05) is 38.3 Å². The third-order valence-corrected chi connectivity index (χ3v) is 5.00. The maximum Gasteiger partial charge on any atom is 0.118 e.